The lowest BCUT2D eigenvalue weighted by molar-refractivity contribution is -0.138. The minimum atomic E-state index is -4.42. The molecule has 1 aromatic heterocycles. The molecule has 1 heterocycles. The Morgan fingerprint density at radius 3 is 2.43 bits per heavy atom. The molecule has 1 aromatic carbocycles. The number of aryl methyl sites for hydroxylation is 1. The fourth-order valence-corrected chi connectivity index (χ4v) is 2.70. The van der Waals surface area contributed by atoms with Crippen LogP contribution in [0.4, 0.5) is 19.0 Å². The summed E-state index contributed by atoms with van der Waals surface area (Å²) < 4.78 is 40.5. The summed E-state index contributed by atoms with van der Waals surface area (Å²) in [5.74, 6) is 0.531. The number of nitrogen functional groups attached to an aromatic ring is 1. The quantitative estimate of drug-likeness (QED) is 0.850. The van der Waals surface area contributed by atoms with Gasteiger partial charge in [0.1, 0.15) is 5.82 Å². The van der Waals surface area contributed by atoms with E-state index in [0.29, 0.717) is 17.1 Å². The van der Waals surface area contributed by atoms with Gasteiger partial charge in [0.25, 0.3) is 0 Å². The first-order valence-corrected chi connectivity index (χ1v) is 7.11. The number of benzene rings is 1. The van der Waals surface area contributed by atoms with E-state index >= 15 is 0 Å². The normalized spacial score (nSPS) is 12.2. The lowest BCUT2D eigenvalue weighted by Crippen LogP contribution is -2.06. The van der Waals surface area contributed by atoms with Crippen molar-refractivity contribution in [1.29, 1.82) is 0 Å². The summed E-state index contributed by atoms with van der Waals surface area (Å²) in [4.78, 5) is 0. The van der Waals surface area contributed by atoms with Crippen LogP contribution in [-0.2, 0) is 13.2 Å². The molecule has 0 atom stereocenters. The number of rotatable bonds is 2. The zero-order valence-electron chi connectivity index (χ0n) is 11.8. The van der Waals surface area contributed by atoms with Crippen molar-refractivity contribution in [3.63, 3.8) is 0 Å². The van der Waals surface area contributed by atoms with Gasteiger partial charge in [-0.1, -0.05) is 35.8 Å². The molecule has 0 spiro atoms. The molecule has 0 bridgehead atoms. The van der Waals surface area contributed by atoms with Crippen LogP contribution in [0.15, 0.2) is 22.7 Å². The van der Waals surface area contributed by atoms with Crippen LogP contribution in [0.2, 0.25) is 0 Å². The number of anilines is 1. The van der Waals surface area contributed by atoms with E-state index in [1.807, 2.05) is 13.8 Å². The van der Waals surface area contributed by atoms with Crippen LogP contribution in [0.5, 0.6) is 0 Å². The van der Waals surface area contributed by atoms with Crippen molar-refractivity contribution in [2.24, 2.45) is 7.05 Å². The average Bonchev–Trinajstić information content (AvgIpc) is 2.65. The smallest absolute Gasteiger partial charge is 0.384 e. The highest BCUT2D eigenvalue weighted by Crippen LogP contribution is 2.39. The van der Waals surface area contributed by atoms with Gasteiger partial charge in [0.05, 0.1) is 11.3 Å². The molecule has 2 N–H and O–H groups in total. The van der Waals surface area contributed by atoms with E-state index in [1.54, 1.807) is 13.1 Å². The molecule has 2 aromatic rings. The number of hydrogen-bond donors (Lipinski definition) is 1. The maximum atomic E-state index is 13.0. The van der Waals surface area contributed by atoms with Crippen LogP contribution in [0, 0.1) is 0 Å². The first-order valence-electron chi connectivity index (χ1n) is 6.32. The summed E-state index contributed by atoms with van der Waals surface area (Å²) in [6.45, 7) is 3.86. The van der Waals surface area contributed by atoms with Crippen molar-refractivity contribution in [1.82, 2.24) is 9.78 Å². The highest BCUT2D eigenvalue weighted by Gasteiger charge is 2.33. The first-order chi connectivity index (χ1) is 9.62. The van der Waals surface area contributed by atoms with Crippen LogP contribution in [0.1, 0.15) is 30.9 Å². The lowest BCUT2D eigenvalue weighted by atomic mass is 9.97. The van der Waals surface area contributed by atoms with Crippen molar-refractivity contribution in [3.8, 4) is 11.3 Å². The zero-order chi connectivity index (χ0) is 15.9. The van der Waals surface area contributed by atoms with Crippen LogP contribution >= 0.6 is 15.9 Å². The van der Waals surface area contributed by atoms with E-state index in [0.717, 1.165) is 11.6 Å². The van der Waals surface area contributed by atoms with Crippen LogP contribution < -0.4 is 5.73 Å². The lowest BCUT2D eigenvalue weighted by Gasteiger charge is -2.12. The van der Waals surface area contributed by atoms with Crippen LogP contribution in [-0.4, -0.2) is 9.78 Å². The second kappa shape index (κ2) is 5.36. The molecular weight excluding hydrogens is 347 g/mol. The molecule has 0 unspecified atom stereocenters. The predicted octanol–water partition coefficient (Wildman–Crippen LogP) is 4.57. The zero-order valence-corrected chi connectivity index (χ0v) is 13.4. The molecule has 0 radical (unpaired) electrons. The maximum Gasteiger partial charge on any atom is 0.417 e. The summed E-state index contributed by atoms with van der Waals surface area (Å²) in [6.07, 6.45) is -4.42. The molecule has 0 amide bonds. The molecular formula is C14H15BrF3N3. The van der Waals surface area contributed by atoms with Crippen LogP contribution in [0.3, 0.4) is 0 Å². The highest BCUT2D eigenvalue weighted by atomic mass is 79.9. The average molecular weight is 362 g/mol. The molecule has 114 valence electrons. The van der Waals surface area contributed by atoms with Gasteiger partial charge in [-0.2, -0.15) is 18.3 Å². The molecule has 7 heteroatoms. The van der Waals surface area contributed by atoms with Gasteiger partial charge in [-0.3, -0.25) is 4.68 Å². The molecule has 0 aliphatic heterocycles. The van der Waals surface area contributed by atoms with Crippen LogP contribution in [0.25, 0.3) is 11.3 Å². The van der Waals surface area contributed by atoms with E-state index < -0.39 is 11.7 Å². The third-order valence-electron chi connectivity index (χ3n) is 3.25. The largest absolute Gasteiger partial charge is 0.417 e. The topological polar surface area (TPSA) is 43.8 Å². The Kier molecular flexibility index (Phi) is 4.06. The Hall–Kier alpha value is -1.50. The molecule has 0 saturated carbocycles. The summed E-state index contributed by atoms with van der Waals surface area (Å²) >= 11 is 2.94. The van der Waals surface area contributed by atoms with E-state index in [1.165, 1.54) is 10.7 Å². The van der Waals surface area contributed by atoms with Crippen molar-refractivity contribution in [3.05, 3.63) is 33.8 Å². The van der Waals surface area contributed by atoms with Crippen molar-refractivity contribution in [2.75, 3.05) is 5.73 Å². The molecule has 0 aliphatic rings. The highest BCUT2D eigenvalue weighted by molar-refractivity contribution is 9.10. The molecule has 21 heavy (non-hydrogen) atoms. The van der Waals surface area contributed by atoms with Gasteiger partial charge in [-0.05, 0) is 18.1 Å². The van der Waals surface area contributed by atoms with E-state index in [2.05, 4.69) is 21.0 Å². The van der Waals surface area contributed by atoms with Gasteiger partial charge in [-0.25, -0.2) is 0 Å². The van der Waals surface area contributed by atoms with E-state index in [4.69, 9.17) is 5.73 Å². The maximum absolute atomic E-state index is 13.0. The summed E-state index contributed by atoms with van der Waals surface area (Å²) in [6, 6.07) is 4.08. The number of nitrogens with zero attached hydrogens (tertiary/aromatic N) is 2. The van der Waals surface area contributed by atoms with E-state index in [-0.39, 0.29) is 10.4 Å². The second-order valence-corrected chi connectivity index (χ2v) is 5.97. The van der Waals surface area contributed by atoms with Crippen molar-refractivity contribution >= 4 is 21.7 Å². The van der Waals surface area contributed by atoms with Gasteiger partial charge in [0.2, 0.25) is 0 Å². The minimum Gasteiger partial charge on any atom is -0.384 e. The Labute approximate surface area is 129 Å². The Bertz CT molecular complexity index is 675. The molecule has 0 saturated heterocycles. The van der Waals surface area contributed by atoms with E-state index in [9.17, 15) is 13.2 Å². The monoisotopic (exact) mass is 361 g/mol. The SMILES string of the molecule is CC(C)c1c(-c2ccc(Br)c(C(F)(F)F)c2)nn(C)c1N. The van der Waals surface area contributed by atoms with Gasteiger partial charge in [0.15, 0.2) is 0 Å². The van der Waals surface area contributed by atoms with Gasteiger partial charge in [-0.15, -0.1) is 0 Å². The minimum absolute atomic E-state index is 0.00810. The predicted molar refractivity (Wildman–Crippen MR) is 79.8 cm³/mol. The Morgan fingerprint density at radius 1 is 1.29 bits per heavy atom. The molecule has 3 nitrogen and oxygen atoms in total. The summed E-state index contributed by atoms with van der Waals surface area (Å²) in [7, 11) is 1.67. The number of nitrogens with two attached hydrogens (primary N) is 1. The number of aromatic nitrogens is 2. The number of hydrogen-bond acceptors (Lipinski definition) is 2. The third kappa shape index (κ3) is 2.92. The van der Waals surface area contributed by atoms with Gasteiger partial charge >= 0.3 is 6.18 Å². The van der Waals surface area contributed by atoms with Gasteiger partial charge < -0.3 is 5.73 Å². The molecule has 0 fully saturated rings. The van der Waals surface area contributed by atoms with Gasteiger partial charge in [0, 0.05) is 22.6 Å². The Balaban J connectivity index is 2.66. The third-order valence-corrected chi connectivity index (χ3v) is 3.94. The molecule has 0 aliphatic carbocycles. The fourth-order valence-electron chi connectivity index (χ4n) is 2.23. The van der Waals surface area contributed by atoms with Crippen molar-refractivity contribution in [2.45, 2.75) is 25.9 Å². The summed E-state index contributed by atoms with van der Waals surface area (Å²) in [5, 5.41) is 4.26. The second-order valence-electron chi connectivity index (χ2n) is 5.12. The van der Waals surface area contributed by atoms with Crippen molar-refractivity contribution < 1.29 is 13.2 Å². The fraction of sp³-hybridized carbons (Fsp3) is 0.357. The Morgan fingerprint density at radius 2 is 1.90 bits per heavy atom. The number of halogens is 4. The first kappa shape index (κ1) is 15.9. The summed E-state index contributed by atoms with van der Waals surface area (Å²) in [5.41, 5.74) is 6.89. The standard InChI is InChI=1S/C14H15BrF3N3/c1-7(2)11-12(20-21(3)13(11)19)8-4-5-10(15)9(6-8)14(16,17)18/h4-7H,19H2,1-3H3. The molecule has 2 rings (SSSR count). The number of alkyl halides is 3.